The van der Waals surface area contributed by atoms with Crippen molar-refractivity contribution in [3.8, 4) is 11.5 Å². The predicted octanol–water partition coefficient (Wildman–Crippen LogP) is 3.17. The fourth-order valence-electron chi connectivity index (χ4n) is 4.03. The highest BCUT2D eigenvalue weighted by Gasteiger charge is 2.15. The molecule has 0 radical (unpaired) electrons. The van der Waals surface area contributed by atoms with Crippen LogP contribution in [0.5, 0.6) is 11.5 Å². The number of likely N-dealkylation sites (N-methyl/N-ethyl adjacent to an activating group) is 1. The van der Waals surface area contributed by atoms with Crippen LogP contribution in [0.4, 0.5) is 5.69 Å². The molecule has 0 unspecified atom stereocenters. The molecule has 0 aliphatic carbocycles. The zero-order valence-electron chi connectivity index (χ0n) is 19.3. The van der Waals surface area contributed by atoms with Crippen LogP contribution in [0.1, 0.15) is 24.5 Å². The van der Waals surface area contributed by atoms with Crippen molar-refractivity contribution in [2.24, 2.45) is 4.99 Å². The third kappa shape index (κ3) is 6.14. The maximum Gasteiger partial charge on any atom is 0.195 e. The number of piperazine rings is 1. The number of nitrogens with zero attached hydrogens (tertiary/aromatic N) is 3. The first kappa shape index (κ1) is 22.4. The number of guanidine groups is 1. The van der Waals surface area contributed by atoms with E-state index in [-0.39, 0.29) is 0 Å². The van der Waals surface area contributed by atoms with Crippen LogP contribution >= 0.6 is 0 Å². The van der Waals surface area contributed by atoms with Gasteiger partial charge in [0.25, 0.3) is 0 Å². The van der Waals surface area contributed by atoms with Crippen molar-refractivity contribution < 1.29 is 9.47 Å². The van der Waals surface area contributed by atoms with Crippen LogP contribution in [0, 0.1) is 0 Å². The minimum Gasteiger partial charge on any atom is -0.490 e. The van der Waals surface area contributed by atoms with E-state index in [0.29, 0.717) is 19.8 Å². The Morgan fingerprint density at radius 1 is 0.906 bits per heavy atom. The van der Waals surface area contributed by atoms with Crippen molar-refractivity contribution in [2.75, 3.05) is 58.3 Å². The molecule has 0 bridgehead atoms. The first-order valence-electron chi connectivity index (χ1n) is 11.6. The number of hydrogen-bond donors (Lipinski definition) is 2. The SMILES string of the molecule is CCN1CCN(Cc2ccc(CNC(=NC)Nc3ccc4c(c3)OCCCO4)cc2)CC1. The molecule has 2 aliphatic rings. The first-order valence-corrected chi connectivity index (χ1v) is 11.6. The number of benzene rings is 2. The fourth-order valence-corrected chi connectivity index (χ4v) is 4.03. The highest BCUT2D eigenvalue weighted by molar-refractivity contribution is 5.93. The Morgan fingerprint density at radius 3 is 2.31 bits per heavy atom. The van der Waals surface area contributed by atoms with Crippen LogP contribution in [0.15, 0.2) is 47.5 Å². The van der Waals surface area contributed by atoms with E-state index in [9.17, 15) is 0 Å². The predicted molar refractivity (Wildman–Crippen MR) is 130 cm³/mol. The molecule has 1 fully saturated rings. The second-order valence-electron chi connectivity index (χ2n) is 8.29. The number of nitrogens with one attached hydrogen (secondary N) is 2. The summed E-state index contributed by atoms with van der Waals surface area (Å²) in [5.74, 6) is 2.29. The largest absolute Gasteiger partial charge is 0.490 e. The maximum atomic E-state index is 5.78. The quantitative estimate of drug-likeness (QED) is 0.535. The molecule has 172 valence electrons. The Labute approximate surface area is 191 Å². The molecule has 4 rings (SSSR count). The standard InChI is InChI=1S/C25H35N5O2/c1-3-29-11-13-30(14-12-29)19-21-7-5-20(6-8-21)18-27-25(26-2)28-22-9-10-23-24(17-22)32-16-4-15-31-23/h5-10,17H,3-4,11-16,18-19H2,1-2H3,(H2,26,27,28). The molecular weight excluding hydrogens is 402 g/mol. The molecule has 0 spiro atoms. The number of ether oxygens (including phenoxy) is 2. The number of fused-ring (bicyclic) bond motifs is 1. The molecular formula is C25H35N5O2. The molecule has 2 heterocycles. The molecule has 2 aromatic rings. The third-order valence-corrected chi connectivity index (χ3v) is 6.04. The van der Waals surface area contributed by atoms with E-state index in [1.807, 2.05) is 18.2 Å². The van der Waals surface area contributed by atoms with Gasteiger partial charge in [0, 0.05) is 64.5 Å². The number of aliphatic imine (C=N–C) groups is 1. The molecule has 2 N–H and O–H groups in total. The van der Waals surface area contributed by atoms with Gasteiger partial charge in [-0.05, 0) is 29.8 Å². The molecule has 7 heteroatoms. The Balaban J connectivity index is 1.26. The molecule has 7 nitrogen and oxygen atoms in total. The minimum absolute atomic E-state index is 0.675. The molecule has 0 saturated carbocycles. The lowest BCUT2D eigenvalue weighted by atomic mass is 10.1. The molecule has 1 saturated heterocycles. The van der Waals surface area contributed by atoms with Crippen LogP contribution in [0.2, 0.25) is 0 Å². The maximum absolute atomic E-state index is 5.78. The van der Waals surface area contributed by atoms with Crippen molar-refractivity contribution >= 4 is 11.6 Å². The van der Waals surface area contributed by atoms with Crippen molar-refractivity contribution in [2.45, 2.75) is 26.4 Å². The number of hydrogen-bond acceptors (Lipinski definition) is 5. The summed E-state index contributed by atoms with van der Waals surface area (Å²) in [7, 11) is 1.78. The van der Waals surface area contributed by atoms with Crippen molar-refractivity contribution in [3.63, 3.8) is 0 Å². The van der Waals surface area contributed by atoms with E-state index in [1.54, 1.807) is 7.05 Å². The summed E-state index contributed by atoms with van der Waals surface area (Å²) in [6.07, 6.45) is 0.898. The van der Waals surface area contributed by atoms with Gasteiger partial charge in [-0.15, -0.1) is 0 Å². The van der Waals surface area contributed by atoms with Gasteiger partial charge in [0.1, 0.15) is 0 Å². The van der Waals surface area contributed by atoms with Gasteiger partial charge in [-0.2, -0.15) is 0 Å². The van der Waals surface area contributed by atoms with E-state index in [0.717, 1.165) is 55.7 Å². The van der Waals surface area contributed by atoms with Crippen LogP contribution in [0.3, 0.4) is 0 Å². The summed E-state index contributed by atoms with van der Waals surface area (Å²) in [6, 6.07) is 14.8. The van der Waals surface area contributed by atoms with Gasteiger partial charge in [-0.3, -0.25) is 9.89 Å². The number of rotatable bonds is 6. The summed E-state index contributed by atoms with van der Waals surface area (Å²) in [5.41, 5.74) is 3.51. The van der Waals surface area contributed by atoms with Gasteiger partial charge in [0.2, 0.25) is 0 Å². The van der Waals surface area contributed by atoms with Crippen LogP contribution in [-0.4, -0.2) is 68.7 Å². The zero-order valence-corrected chi connectivity index (χ0v) is 19.3. The summed E-state index contributed by atoms with van der Waals surface area (Å²) < 4.78 is 11.5. The van der Waals surface area contributed by atoms with Crippen LogP contribution in [0.25, 0.3) is 0 Å². The van der Waals surface area contributed by atoms with Gasteiger partial charge in [0.05, 0.1) is 13.2 Å². The van der Waals surface area contributed by atoms with E-state index in [2.05, 4.69) is 56.6 Å². The Morgan fingerprint density at radius 2 is 1.59 bits per heavy atom. The lowest BCUT2D eigenvalue weighted by molar-refractivity contribution is 0.132. The monoisotopic (exact) mass is 437 g/mol. The van der Waals surface area contributed by atoms with E-state index in [4.69, 9.17) is 9.47 Å². The molecule has 32 heavy (non-hydrogen) atoms. The molecule has 0 aromatic heterocycles. The van der Waals surface area contributed by atoms with Gasteiger partial charge >= 0.3 is 0 Å². The molecule has 2 aliphatic heterocycles. The summed E-state index contributed by atoms with van der Waals surface area (Å²) in [6.45, 7) is 11.1. The summed E-state index contributed by atoms with van der Waals surface area (Å²) in [5, 5.41) is 6.73. The van der Waals surface area contributed by atoms with Gasteiger partial charge in [-0.25, -0.2) is 0 Å². The van der Waals surface area contributed by atoms with Crippen molar-refractivity contribution in [1.29, 1.82) is 0 Å². The van der Waals surface area contributed by atoms with Gasteiger partial charge in [0.15, 0.2) is 17.5 Å². The normalized spacial score (nSPS) is 17.6. The second-order valence-corrected chi connectivity index (χ2v) is 8.29. The smallest absolute Gasteiger partial charge is 0.195 e. The minimum atomic E-state index is 0.675. The van der Waals surface area contributed by atoms with Gasteiger partial charge < -0.3 is 25.0 Å². The first-order chi connectivity index (χ1) is 15.7. The third-order valence-electron chi connectivity index (χ3n) is 6.04. The van der Waals surface area contributed by atoms with Crippen LogP contribution < -0.4 is 20.1 Å². The topological polar surface area (TPSA) is 61.4 Å². The Hall–Kier alpha value is -2.77. The van der Waals surface area contributed by atoms with E-state index in [1.165, 1.54) is 24.2 Å². The fraction of sp³-hybridized carbons (Fsp3) is 0.480. The van der Waals surface area contributed by atoms with Gasteiger partial charge in [-0.1, -0.05) is 31.2 Å². The molecule has 0 amide bonds. The molecule has 0 atom stereocenters. The van der Waals surface area contributed by atoms with Crippen LogP contribution in [-0.2, 0) is 13.1 Å². The van der Waals surface area contributed by atoms with Crippen molar-refractivity contribution in [3.05, 3.63) is 53.6 Å². The molecule has 2 aromatic carbocycles. The highest BCUT2D eigenvalue weighted by atomic mass is 16.5. The summed E-state index contributed by atoms with van der Waals surface area (Å²) in [4.78, 5) is 9.40. The Bertz CT molecular complexity index is 892. The lowest BCUT2D eigenvalue weighted by Gasteiger charge is -2.34. The average Bonchev–Trinajstić information content (AvgIpc) is 3.08. The van der Waals surface area contributed by atoms with Crippen molar-refractivity contribution in [1.82, 2.24) is 15.1 Å². The average molecular weight is 438 g/mol. The van der Waals surface area contributed by atoms with E-state index < -0.39 is 0 Å². The second kappa shape index (κ2) is 11.2. The van der Waals surface area contributed by atoms with E-state index >= 15 is 0 Å². The zero-order chi connectivity index (χ0) is 22.2. The number of anilines is 1. The Kier molecular flexibility index (Phi) is 7.85. The lowest BCUT2D eigenvalue weighted by Crippen LogP contribution is -2.45. The highest BCUT2D eigenvalue weighted by Crippen LogP contribution is 2.32. The summed E-state index contributed by atoms with van der Waals surface area (Å²) >= 11 is 0.